The largest absolute Gasteiger partial charge is 0.323 e. The Hall–Kier alpha value is -1.66. The van der Waals surface area contributed by atoms with Crippen molar-refractivity contribution in [3.05, 3.63) is 33.3 Å². The average Bonchev–Trinajstić information content (AvgIpc) is 2.85. The first-order valence-electron chi connectivity index (χ1n) is 5.56. The minimum atomic E-state index is -0.532. The monoisotopic (exact) mass is 269 g/mol. The number of non-ortho nitro benzene ring substituents is 1. The molecule has 1 aromatic carbocycles. The molecule has 1 atom stereocenters. The summed E-state index contributed by atoms with van der Waals surface area (Å²) in [5.41, 5.74) is 0.290. The van der Waals surface area contributed by atoms with E-state index in [1.807, 2.05) is 0 Å². The highest BCUT2D eigenvalue weighted by Crippen LogP contribution is 2.26. The number of hydrogen-bond donors (Lipinski definition) is 2. The van der Waals surface area contributed by atoms with Gasteiger partial charge in [0, 0.05) is 12.1 Å². The number of amides is 1. The van der Waals surface area contributed by atoms with Gasteiger partial charge >= 0.3 is 0 Å². The molecule has 18 heavy (non-hydrogen) atoms. The number of carbonyl (C=O) groups is 1. The third-order valence-corrected chi connectivity index (χ3v) is 3.11. The first kappa shape index (κ1) is 12.8. The second-order valence-electron chi connectivity index (χ2n) is 4.06. The SMILES string of the molecule is O=C(Nc1ccc([N+](=O)[O-])cc1Cl)[C@H]1CCCN1. The maximum atomic E-state index is 11.8. The number of halogens is 1. The van der Waals surface area contributed by atoms with E-state index in [1.165, 1.54) is 18.2 Å². The summed E-state index contributed by atoms with van der Waals surface area (Å²) >= 11 is 5.88. The Balaban J connectivity index is 2.09. The van der Waals surface area contributed by atoms with Gasteiger partial charge in [0.25, 0.3) is 5.69 Å². The van der Waals surface area contributed by atoms with Crippen molar-refractivity contribution in [3.8, 4) is 0 Å². The van der Waals surface area contributed by atoms with Crippen molar-refractivity contribution in [2.45, 2.75) is 18.9 Å². The lowest BCUT2D eigenvalue weighted by Gasteiger charge is -2.11. The second kappa shape index (κ2) is 5.32. The number of nitro benzene ring substituents is 1. The molecule has 1 amide bonds. The standard InChI is InChI=1S/C11H12ClN3O3/c12-8-6-7(15(17)18)3-4-9(8)14-11(16)10-2-1-5-13-10/h3-4,6,10,13H,1-2,5H2,(H,14,16)/t10-/m1/s1. The Morgan fingerprint density at radius 1 is 1.56 bits per heavy atom. The van der Waals surface area contributed by atoms with Gasteiger partial charge in [-0.1, -0.05) is 11.6 Å². The summed E-state index contributed by atoms with van der Waals surface area (Å²) in [6.07, 6.45) is 1.75. The number of benzene rings is 1. The first-order valence-corrected chi connectivity index (χ1v) is 5.94. The van der Waals surface area contributed by atoms with Gasteiger partial charge in [-0.2, -0.15) is 0 Å². The van der Waals surface area contributed by atoms with Crippen LogP contribution < -0.4 is 10.6 Å². The summed E-state index contributed by atoms with van der Waals surface area (Å²) < 4.78 is 0. The molecule has 2 N–H and O–H groups in total. The van der Waals surface area contributed by atoms with Gasteiger partial charge in [0.1, 0.15) is 0 Å². The molecule has 1 aliphatic rings. The molecule has 1 saturated heterocycles. The molecule has 1 aliphatic heterocycles. The van der Waals surface area contributed by atoms with Crippen molar-refractivity contribution in [3.63, 3.8) is 0 Å². The van der Waals surface area contributed by atoms with E-state index in [2.05, 4.69) is 10.6 Å². The van der Waals surface area contributed by atoms with E-state index in [-0.39, 0.29) is 22.7 Å². The topological polar surface area (TPSA) is 84.3 Å². The van der Waals surface area contributed by atoms with Gasteiger partial charge in [-0.05, 0) is 25.5 Å². The van der Waals surface area contributed by atoms with Crippen LogP contribution in [0.5, 0.6) is 0 Å². The van der Waals surface area contributed by atoms with Gasteiger partial charge in [-0.25, -0.2) is 0 Å². The van der Waals surface area contributed by atoms with Gasteiger partial charge in [0.05, 0.1) is 21.7 Å². The van der Waals surface area contributed by atoms with E-state index in [1.54, 1.807) is 0 Å². The zero-order valence-electron chi connectivity index (χ0n) is 9.48. The zero-order chi connectivity index (χ0) is 13.1. The molecule has 0 aromatic heterocycles. The van der Waals surface area contributed by atoms with Crippen LogP contribution in [-0.4, -0.2) is 23.4 Å². The van der Waals surface area contributed by atoms with Gasteiger partial charge in [-0.15, -0.1) is 0 Å². The van der Waals surface area contributed by atoms with Crippen molar-refractivity contribution in [1.29, 1.82) is 0 Å². The van der Waals surface area contributed by atoms with Crippen molar-refractivity contribution in [2.24, 2.45) is 0 Å². The summed E-state index contributed by atoms with van der Waals surface area (Å²) in [6, 6.07) is 3.76. The van der Waals surface area contributed by atoms with Gasteiger partial charge < -0.3 is 10.6 Å². The molecular formula is C11H12ClN3O3. The lowest BCUT2D eigenvalue weighted by molar-refractivity contribution is -0.384. The molecule has 7 heteroatoms. The van der Waals surface area contributed by atoms with Crippen LogP contribution in [0, 0.1) is 10.1 Å². The third-order valence-electron chi connectivity index (χ3n) is 2.80. The van der Waals surface area contributed by atoms with Gasteiger partial charge in [0.2, 0.25) is 5.91 Å². The van der Waals surface area contributed by atoms with Gasteiger partial charge in [-0.3, -0.25) is 14.9 Å². The molecule has 0 unspecified atom stereocenters. The molecule has 0 radical (unpaired) electrons. The molecule has 0 spiro atoms. The van der Waals surface area contributed by atoms with Crippen LogP contribution >= 0.6 is 11.6 Å². The van der Waals surface area contributed by atoms with Crippen LogP contribution in [0.3, 0.4) is 0 Å². The summed E-state index contributed by atoms with van der Waals surface area (Å²) in [7, 11) is 0. The van der Waals surface area contributed by atoms with Crippen LogP contribution in [0.15, 0.2) is 18.2 Å². The number of nitrogens with one attached hydrogen (secondary N) is 2. The van der Waals surface area contributed by atoms with Gasteiger partial charge in [0.15, 0.2) is 0 Å². The minimum Gasteiger partial charge on any atom is -0.323 e. The summed E-state index contributed by atoms with van der Waals surface area (Å²) in [5, 5.41) is 16.4. The van der Waals surface area contributed by atoms with E-state index in [4.69, 9.17) is 11.6 Å². The van der Waals surface area contributed by atoms with E-state index in [0.29, 0.717) is 5.69 Å². The number of carbonyl (C=O) groups excluding carboxylic acids is 1. The Morgan fingerprint density at radius 3 is 2.89 bits per heavy atom. The smallest absolute Gasteiger partial charge is 0.271 e. The molecule has 0 aliphatic carbocycles. The fourth-order valence-electron chi connectivity index (χ4n) is 1.85. The Bertz CT molecular complexity index is 486. The number of nitrogens with zero attached hydrogens (tertiary/aromatic N) is 1. The minimum absolute atomic E-state index is 0.100. The number of anilines is 1. The Kier molecular flexibility index (Phi) is 3.78. The predicted molar refractivity (Wildman–Crippen MR) is 67.8 cm³/mol. The van der Waals surface area contributed by atoms with E-state index in [0.717, 1.165) is 19.4 Å². The quantitative estimate of drug-likeness (QED) is 0.649. The number of hydrogen-bond acceptors (Lipinski definition) is 4. The van der Waals surface area contributed by atoms with Crippen LogP contribution in [0.1, 0.15) is 12.8 Å². The molecule has 1 aromatic rings. The lowest BCUT2D eigenvalue weighted by Crippen LogP contribution is -2.35. The molecular weight excluding hydrogens is 258 g/mol. The molecule has 1 heterocycles. The first-order chi connectivity index (χ1) is 8.58. The van der Waals surface area contributed by atoms with Crippen LogP contribution in [0.25, 0.3) is 0 Å². The normalized spacial score (nSPS) is 18.6. The molecule has 0 saturated carbocycles. The van der Waals surface area contributed by atoms with E-state index >= 15 is 0 Å². The predicted octanol–water partition coefficient (Wildman–Crippen LogP) is 1.94. The second-order valence-corrected chi connectivity index (χ2v) is 4.47. The van der Waals surface area contributed by atoms with Crippen LogP contribution in [0.4, 0.5) is 11.4 Å². The van der Waals surface area contributed by atoms with E-state index in [9.17, 15) is 14.9 Å². The summed E-state index contributed by atoms with van der Waals surface area (Å²) in [6.45, 7) is 0.825. The maximum absolute atomic E-state index is 11.8. The van der Waals surface area contributed by atoms with Crippen molar-refractivity contribution in [1.82, 2.24) is 5.32 Å². The van der Waals surface area contributed by atoms with Crippen LogP contribution in [-0.2, 0) is 4.79 Å². The summed E-state index contributed by atoms with van der Waals surface area (Å²) in [5.74, 6) is -0.164. The number of rotatable bonds is 3. The molecule has 6 nitrogen and oxygen atoms in total. The maximum Gasteiger partial charge on any atom is 0.271 e. The fraction of sp³-hybridized carbons (Fsp3) is 0.364. The number of nitro groups is 1. The third kappa shape index (κ3) is 2.77. The summed E-state index contributed by atoms with van der Waals surface area (Å²) in [4.78, 5) is 21.8. The highest BCUT2D eigenvalue weighted by molar-refractivity contribution is 6.34. The molecule has 0 bridgehead atoms. The van der Waals surface area contributed by atoms with Crippen molar-refractivity contribution in [2.75, 3.05) is 11.9 Å². The lowest BCUT2D eigenvalue weighted by atomic mass is 10.2. The zero-order valence-corrected chi connectivity index (χ0v) is 10.2. The van der Waals surface area contributed by atoms with Crippen molar-refractivity contribution < 1.29 is 9.72 Å². The molecule has 2 rings (SSSR count). The molecule has 96 valence electrons. The molecule has 1 fully saturated rings. The Labute approximate surface area is 108 Å². The highest BCUT2D eigenvalue weighted by Gasteiger charge is 2.22. The Morgan fingerprint density at radius 2 is 2.33 bits per heavy atom. The highest BCUT2D eigenvalue weighted by atomic mass is 35.5. The fourth-order valence-corrected chi connectivity index (χ4v) is 2.07. The van der Waals surface area contributed by atoms with Crippen molar-refractivity contribution >= 4 is 28.9 Å². The van der Waals surface area contributed by atoms with E-state index < -0.39 is 4.92 Å². The average molecular weight is 270 g/mol. The van der Waals surface area contributed by atoms with Crippen LogP contribution in [0.2, 0.25) is 5.02 Å².